The lowest BCUT2D eigenvalue weighted by molar-refractivity contribution is -0.147. The quantitative estimate of drug-likeness (QED) is 0.0556. The van der Waals surface area contributed by atoms with Gasteiger partial charge in [0.25, 0.3) is 11.5 Å². The molecule has 2 aromatic heterocycles. The summed E-state index contributed by atoms with van der Waals surface area (Å²) in [6.07, 6.45) is 2.19. The SMILES string of the molecule is CC(C)(C)OC(=O)NCCOCCOC(=O)CC[C@@H](NC(=O)c1ccc(CCc2c[nH]c3nc(N)[nH]c(=O)c23)cc1)C(=O)OCC[Si](C)(C)C. The van der Waals surface area contributed by atoms with Gasteiger partial charge >= 0.3 is 18.0 Å². The number of nitrogens with two attached hydrogens (primary N) is 1. The van der Waals surface area contributed by atoms with E-state index in [-0.39, 0.29) is 57.3 Å². The molecule has 2 heterocycles. The number of H-pyrrole nitrogens is 2. The summed E-state index contributed by atoms with van der Waals surface area (Å²) in [6.45, 7) is 12.5. The first-order valence-corrected chi connectivity index (χ1v) is 20.3. The summed E-state index contributed by atoms with van der Waals surface area (Å²) >= 11 is 0. The third-order valence-electron chi connectivity index (χ3n) is 7.27. The lowest BCUT2D eigenvalue weighted by Crippen LogP contribution is -2.42. The molecule has 0 radical (unpaired) electrons. The lowest BCUT2D eigenvalue weighted by Gasteiger charge is -2.20. The number of carbonyl (C=O) groups is 4. The standard InChI is InChI=1S/C34H50N6O9Si/c1-34(2,3)49-33(45)36-15-16-46-17-18-47-26(41)14-13-25(31(44)48-19-20-50(4,5)6)38-29(42)23-10-7-22(8-11-23)9-12-24-21-37-28-27(24)30(43)40-32(35)39-28/h7-8,10-11,21,25H,9,12-20H2,1-6H3,(H,36,45)(H,38,42)(H4,35,37,39,40,43)/t25-/m1/s1. The van der Waals surface area contributed by atoms with E-state index in [2.05, 4.69) is 45.2 Å². The Balaban J connectivity index is 1.49. The minimum absolute atomic E-state index is 0.0145. The molecule has 1 atom stereocenters. The zero-order valence-corrected chi connectivity index (χ0v) is 30.7. The molecule has 15 nitrogen and oxygen atoms in total. The average Bonchev–Trinajstić information content (AvgIpc) is 3.43. The maximum Gasteiger partial charge on any atom is 0.407 e. The zero-order valence-electron chi connectivity index (χ0n) is 29.7. The van der Waals surface area contributed by atoms with E-state index in [1.54, 1.807) is 51.2 Å². The van der Waals surface area contributed by atoms with E-state index < -0.39 is 43.7 Å². The Hall–Kier alpha value is -4.70. The van der Waals surface area contributed by atoms with Crippen molar-refractivity contribution in [3.8, 4) is 0 Å². The van der Waals surface area contributed by atoms with E-state index in [9.17, 15) is 24.0 Å². The highest BCUT2D eigenvalue weighted by Crippen LogP contribution is 2.16. The maximum absolute atomic E-state index is 13.2. The zero-order chi connectivity index (χ0) is 36.9. The Morgan fingerprint density at radius 3 is 2.38 bits per heavy atom. The molecule has 0 bridgehead atoms. The number of nitrogen functional groups attached to an aromatic ring is 1. The number of benzene rings is 1. The molecule has 0 saturated heterocycles. The highest BCUT2D eigenvalue weighted by Gasteiger charge is 2.25. The second-order valence-electron chi connectivity index (χ2n) is 14.0. The predicted octanol–water partition coefficient (Wildman–Crippen LogP) is 3.46. The summed E-state index contributed by atoms with van der Waals surface area (Å²) < 4.78 is 21.2. The normalized spacial score (nSPS) is 12.3. The van der Waals surface area contributed by atoms with Gasteiger partial charge in [0.1, 0.15) is 23.9 Å². The fourth-order valence-electron chi connectivity index (χ4n) is 4.66. The highest BCUT2D eigenvalue weighted by atomic mass is 28.3. The molecule has 0 fully saturated rings. The fourth-order valence-corrected chi connectivity index (χ4v) is 5.37. The number of amides is 2. The first-order valence-electron chi connectivity index (χ1n) is 16.6. The maximum atomic E-state index is 13.2. The Labute approximate surface area is 292 Å². The van der Waals surface area contributed by atoms with Crippen molar-refractivity contribution >= 4 is 49.0 Å². The summed E-state index contributed by atoms with van der Waals surface area (Å²) in [7, 11) is -1.48. The molecule has 0 aliphatic rings. The summed E-state index contributed by atoms with van der Waals surface area (Å²) in [5.74, 6) is -1.63. The molecule has 0 aliphatic carbocycles. The van der Waals surface area contributed by atoms with Crippen molar-refractivity contribution in [1.29, 1.82) is 0 Å². The largest absolute Gasteiger partial charge is 0.464 e. The summed E-state index contributed by atoms with van der Waals surface area (Å²) in [5.41, 5.74) is 7.20. The number of fused-ring (bicyclic) bond motifs is 1. The summed E-state index contributed by atoms with van der Waals surface area (Å²) in [5, 5.41) is 5.74. The van der Waals surface area contributed by atoms with Crippen molar-refractivity contribution in [1.82, 2.24) is 25.6 Å². The number of aryl methyl sites for hydroxylation is 2. The number of hydrogen-bond acceptors (Lipinski definition) is 11. The van der Waals surface area contributed by atoms with E-state index >= 15 is 0 Å². The van der Waals surface area contributed by atoms with Crippen LogP contribution in [0.3, 0.4) is 0 Å². The van der Waals surface area contributed by atoms with Gasteiger partial charge < -0.3 is 40.3 Å². The van der Waals surface area contributed by atoms with E-state index in [0.29, 0.717) is 29.4 Å². The number of esters is 2. The van der Waals surface area contributed by atoms with Crippen molar-refractivity contribution in [2.24, 2.45) is 0 Å². The first-order chi connectivity index (χ1) is 23.5. The van der Waals surface area contributed by atoms with Gasteiger partial charge in [0.05, 0.1) is 25.2 Å². The van der Waals surface area contributed by atoms with E-state index in [1.807, 2.05) is 0 Å². The molecular formula is C34H50N6O9Si. The number of nitrogens with zero attached hydrogens (tertiary/aromatic N) is 1. The van der Waals surface area contributed by atoms with Gasteiger partial charge in [0.2, 0.25) is 5.95 Å². The molecule has 50 heavy (non-hydrogen) atoms. The van der Waals surface area contributed by atoms with Crippen molar-refractivity contribution in [3.05, 3.63) is 57.5 Å². The minimum atomic E-state index is -1.48. The summed E-state index contributed by atoms with van der Waals surface area (Å²) in [6, 6.07) is 6.61. The molecule has 16 heteroatoms. The van der Waals surface area contributed by atoms with Crippen LogP contribution in [0.25, 0.3) is 11.0 Å². The number of ether oxygens (including phenoxy) is 4. The molecule has 274 valence electrons. The molecule has 2 amide bonds. The first kappa shape index (κ1) is 39.7. The van der Waals surface area contributed by atoms with Crippen LogP contribution in [-0.2, 0) is 41.4 Å². The molecular weight excluding hydrogens is 664 g/mol. The number of aromatic amines is 2. The molecule has 0 unspecified atom stereocenters. The number of anilines is 1. The number of aromatic nitrogens is 3. The molecule has 0 aliphatic heterocycles. The lowest BCUT2D eigenvalue weighted by atomic mass is 10.0. The molecule has 0 spiro atoms. The highest BCUT2D eigenvalue weighted by molar-refractivity contribution is 6.76. The topological polar surface area (TPSA) is 217 Å². The van der Waals surface area contributed by atoms with Gasteiger partial charge in [-0.1, -0.05) is 31.8 Å². The van der Waals surface area contributed by atoms with Crippen molar-refractivity contribution < 1.29 is 38.1 Å². The van der Waals surface area contributed by atoms with Crippen LogP contribution in [-0.4, -0.2) is 91.6 Å². The molecule has 1 aromatic carbocycles. The van der Waals surface area contributed by atoms with Gasteiger partial charge in [0, 0.05) is 32.8 Å². The second kappa shape index (κ2) is 18.3. The van der Waals surface area contributed by atoms with Crippen LogP contribution in [0.15, 0.2) is 35.3 Å². The van der Waals surface area contributed by atoms with Crippen LogP contribution in [0.1, 0.15) is 55.1 Å². The van der Waals surface area contributed by atoms with Gasteiger partial charge in [-0.2, -0.15) is 4.98 Å². The van der Waals surface area contributed by atoms with Crippen LogP contribution in [0, 0.1) is 0 Å². The molecule has 0 saturated carbocycles. The Morgan fingerprint density at radius 2 is 1.70 bits per heavy atom. The van der Waals surface area contributed by atoms with E-state index in [4.69, 9.17) is 24.7 Å². The third kappa shape index (κ3) is 14.0. The third-order valence-corrected chi connectivity index (χ3v) is 8.97. The van der Waals surface area contributed by atoms with Gasteiger partial charge in [-0.25, -0.2) is 9.59 Å². The van der Waals surface area contributed by atoms with Crippen molar-refractivity contribution in [2.75, 3.05) is 38.7 Å². The van der Waals surface area contributed by atoms with Gasteiger partial charge in [-0.3, -0.25) is 19.4 Å². The monoisotopic (exact) mass is 714 g/mol. The number of nitrogens with one attached hydrogen (secondary N) is 4. The average molecular weight is 715 g/mol. The van der Waals surface area contributed by atoms with Crippen LogP contribution in [0.4, 0.5) is 10.7 Å². The van der Waals surface area contributed by atoms with Crippen LogP contribution in [0.5, 0.6) is 0 Å². The number of alkyl carbamates (subject to hydrolysis) is 1. The number of hydrogen-bond donors (Lipinski definition) is 5. The fraction of sp³-hybridized carbons (Fsp3) is 0.529. The molecule has 6 N–H and O–H groups in total. The van der Waals surface area contributed by atoms with Crippen molar-refractivity contribution in [3.63, 3.8) is 0 Å². The number of rotatable bonds is 18. The van der Waals surface area contributed by atoms with Gasteiger partial charge in [-0.15, -0.1) is 0 Å². The van der Waals surface area contributed by atoms with Crippen LogP contribution >= 0.6 is 0 Å². The smallest absolute Gasteiger partial charge is 0.407 e. The Morgan fingerprint density at radius 1 is 0.980 bits per heavy atom. The summed E-state index contributed by atoms with van der Waals surface area (Å²) in [4.78, 5) is 72.2. The Kier molecular flexibility index (Phi) is 14.6. The molecule has 3 aromatic rings. The molecule has 3 rings (SSSR count). The van der Waals surface area contributed by atoms with Crippen molar-refractivity contribution in [2.45, 2.75) is 83.8 Å². The Bertz CT molecular complexity index is 1660. The van der Waals surface area contributed by atoms with E-state index in [1.165, 1.54) is 0 Å². The van der Waals surface area contributed by atoms with Crippen LogP contribution in [0.2, 0.25) is 25.7 Å². The second-order valence-corrected chi connectivity index (χ2v) is 19.6. The van der Waals surface area contributed by atoms with Gasteiger partial charge in [0.15, 0.2) is 0 Å². The number of carbonyl (C=O) groups excluding carboxylic acids is 4. The van der Waals surface area contributed by atoms with Gasteiger partial charge in [-0.05, 0) is 69.3 Å². The van der Waals surface area contributed by atoms with E-state index in [0.717, 1.165) is 17.2 Å². The van der Waals surface area contributed by atoms with Crippen LogP contribution < -0.4 is 21.9 Å². The predicted molar refractivity (Wildman–Crippen MR) is 191 cm³/mol. The minimum Gasteiger partial charge on any atom is -0.464 e.